The summed E-state index contributed by atoms with van der Waals surface area (Å²) in [6.45, 7) is 4.00. The van der Waals surface area contributed by atoms with Gasteiger partial charge in [0.2, 0.25) is 5.91 Å². The fourth-order valence-corrected chi connectivity index (χ4v) is 1.87. The van der Waals surface area contributed by atoms with Gasteiger partial charge in [0.05, 0.1) is 24.3 Å². The molecule has 1 heterocycles. The lowest BCUT2D eigenvalue weighted by Gasteiger charge is -2.17. The molecule has 1 aromatic carbocycles. The maximum absolute atomic E-state index is 11.4. The van der Waals surface area contributed by atoms with Crippen LogP contribution in [0.5, 0.6) is 5.75 Å². The van der Waals surface area contributed by atoms with Crippen molar-refractivity contribution in [2.24, 2.45) is 0 Å². The standard InChI is InChI=1S/C14H19NO3/c1-14(2,17)7-5-10-3-4-12-11(9-10)15-13(16)6-8-18-12/h3-4,9,17H,5-8H2,1-2H3,(H,15,16). The van der Waals surface area contributed by atoms with Crippen molar-refractivity contribution in [3.8, 4) is 5.75 Å². The lowest BCUT2D eigenvalue weighted by molar-refractivity contribution is -0.116. The van der Waals surface area contributed by atoms with Crippen LogP contribution in [0.4, 0.5) is 5.69 Å². The molecule has 1 aliphatic heterocycles. The number of fused-ring (bicyclic) bond motifs is 1. The van der Waals surface area contributed by atoms with Gasteiger partial charge in [0.15, 0.2) is 0 Å². The van der Waals surface area contributed by atoms with Crippen molar-refractivity contribution in [3.05, 3.63) is 23.8 Å². The van der Waals surface area contributed by atoms with Crippen LogP contribution in [-0.4, -0.2) is 23.2 Å². The molecule has 0 aliphatic carbocycles. The van der Waals surface area contributed by atoms with Crippen LogP contribution in [-0.2, 0) is 11.2 Å². The fourth-order valence-electron chi connectivity index (χ4n) is 1.87. The van der Waals surface area contributed by atoms with Crippen LogP contribution in [0.25, 0.3) is 0 Å². The second kappa shape index (κ2) is 4.98. The monoisotopic (exact) mass is 249 g/mol. The molecule has 0 radical (unpaired) electrons. The number of hydrogen-bond acceptors (Lipinski definition) is 3. The predicted octanol–water partition coefficient (Wildman–Crippen LogP) is 2.11. The lowest BCUT2D eigenvalue weighted by atomic mass is 9.98. The van der Waals surface area contributed by atoms with Gasteiger partial charge >= 0.3 is 0 Å². The first-order valence-corrected chi connectivity index (χ1v) is 6.22. The molecule has 0 unspecified atom stereocenters. The van der Waals surface area contributed by atoms with Gasteiger partial charge in [-0.1, -0.05) is 6.07 Å². The smallest absolute Gasteiger partial charge is 0.227 e. The summed E-state index contributed by atoms with van der Waals surface area (Å²) in [5.74, 6) is 0.696. The molecule has 4 heteroatoms. The molecule has 4 nitrogen and oxygen atoms in total. The van der Waals surface area contributed by atoms with Gasteiger partial charge in [-0.2, -0.15) is 0 Å². The van der Waals surface area contributed by atoms with E-state index < -0.39 is 5.60 Å². The molecular weight excluding hydrogens is 230 g/mol. The van der Waals surface area contributed by atoms with Crippen molar-refractivity contribution in [1.82, 2.24) is 0 Å². The molecule has 0 spiro atoms. The Labute approximate surface area is 107 Å². The van der Waals surface area contributed by atoms with Gasteiger partial charge in [-0.15, -0.1) is 0 Å². The third kappa shape index (κ3) is 3.47. The Morgan fingerprint density at radius 3 is 2.94 bits per heavy atom. The van der Waals surface area contributed by atoms with Crippen LogP contribution in [0, 0.1) is 0 Å². The maximum atomic E-state index is 11.4. The number of anilines is 1. The second-order valence-corrected chi connectivity index (χ2v) is 5.29. The van der Waals surface area contributed by atoms with Crippen LogP contribution in [0.15, 0.2) is 18.2 Å². The SMILES string of the molecule is CC(C)(O)CCc1ccc2c(c1)NC(=O)CCO2. The van der Waals surface area contributed by atoms with E-state index >= 15 is 0 Å². The number of amides is 1. The molecule has 0 saturated carbocycles. The van der Waals surface area contributed by atoms with Gasteiger partial charge in [0.25, 0.3) is 0 Å². The summed E-state index contributed by atoms with van der Waals surface area (Å²) in [5, 5.41) is 12.5. The summed E-state index contributed by atoms with van der Waals surface area (Å²) in [7, 11) is 0. The zero-order chi connectivity index (χ0) is 13.2. The Bertz CT molecular complexity index is 449. The highest BCUT2D eigenvalue weighted by Gasteiger charge is 2.16. The van der Waals surface area contributed by atoms with E-state index in [0.717, 1.165) is 17.7 Å². The van der Waals surface area contributed by atoms with E-state index in [1.807, 2.05) is 18.2 Å². The van der Waals surface area contributed by atoms with Gasteiger partial charge in [-0.3, -0.25) is 4.79 Å². The van der Waals surface area contributed by atoms with E-state index in [2.05, 4.69) is 5.32 Å². The largest absolute Gasteiger partial charge is 0.491 e. The van der Waals surface area contributed by atoms with E-state index in [0.29, 0.717) is 25.2 Å². The quantitative estimate of drug-likeness (QED) is 0.862. The summed E-state index contributed by atoms with van der Waals surface area (Å²) in [4.78, 5) is 11.4. The molecule has 0 atom stereocenters. The molecule has 98 valence electrons. The molecule has 2 rings (SSSR count). The number of rotatable bonds is 3. The third-order valence-electron chi connectivity index (χ3n) is 2.93. The van der Waals surface area contributed by atoms with E-state index in [1.165, 1.54) is 0 Å². The first kappa shape index (κ1) is 12.9. The molecule has 0 bridgehead atoms. The highest BCUT2D eigenvalue weighted by molar-refractivity contribution is 5.93. The molecule has 1 aliphatic rings. The number of aliphatic hydroxyl groups is 1. The number of ether oxygens (including phenoxy) is 1. The van der Waals surface area contributed by atoms with E-state index in [4.69, 9.17) is 4.74 Å². The Morgan fingerprint density at radius 1 is 1.44 bits per heavy atom. The zero-order valence-corrected chi connectivity index (χ0v) is 10.8. The Hall–Kier alpha value is -1.55. The van der Waals surface area contributed by atoms with Gasteiger partial charge in [0, 0.05) is 0 Å². The first-order valence-electron chi connectivity index (χ1n) is 6.22. The maximum Gasteiger partial charge on any atom is 0.227 e. The van der Waals surface area contributed by atoms with Crippen molar-refractivity contribution in [2.75, 3.05) is 11.9 Å². The molecule has 0 aromatic heterocycles. The molecule has 0 saturated heterocycles. The van der Waals surface area contributed by atoms with Gasteiger partial charge in [-0.25, -0.2) is 0 Å². The van der Waals surface area contributed by atoms with Crippen molar-refractivity contribution >= 4 is 11.6 Å². The summed E-state index contributed by atoms with van der Waals surface area (Å²) in [6, 6.07) is 5.77. The molecule has 18 heavy (non-hydrogen) atoms. The molecule has 0 fully saturated rings. The minimum Gasteiger partial charge on any atom is -0.491 e. The van der Waals surface area contributed by atoms with E-state index in [1.54, 1.807) is 13.8 Å². The minimum absolute atomic E-state index is 0.0200. The predicted molar refractivity (Wildman–Crippen MR) is 69.8 cm³/mol. The Balaban J connectivity index is 2.13. The normalized spacial score (nSPS) is 15.4. The summed E-state index contributed by atoms with van der Waals surface area (Å²) in [6.07, 6.45) is 1.83. The van der Waals surface area contributed by atoms with Gasteiger partial charge in [0.1, 0.15) is 5.75 Å². The summed E-state index contributed by atoms with van der Waals surface area (Å²) >= 11 is 0. The van der Waals surface area contributed by atoms with Crippen molar-refractivity contribution in [1.29, 1.82) is 0 Å². The topological polar surface area (TPSA) is 58.6 Å². The van der Waals surface area contributed by atoms with Crippen LogP contribution >= 0.6 is 0 Å². The Morgan fingerprint density at radius 2 is 2.22 bits per heavy atom. The van der Waals surface area contributed by atoms with Crippen LogP contribution in [0.2, 0.25) is 0 Å². The number of carbonyl (C=O) groups excluding carboxylic acids is 1. The average molecular weight is 249 g/mol. The Kier molecular flexibility index (Phi) is 3.57. The van der Waals surface area contributed by atoms with E-state index in [-0.39, 0.29) is 5.91 Å². The second-order valence-electron chi connectivity index (χ2n) is 5.29. The van der Waals surface area contributed by atoms with Gasteiger partial charge in [-0.05, 0) is 44.4 Å². The zero-order valence-electron chi connectivity index (χ0n) is 10.8. The molecule has 1 aromatic rings. The van der Waals surface area contributed by atoms with Crippen LogP contribution in [0.3, 0.4) is 0 Å². The third-order valence-corrected chi connectivity index (χ3v) is 2.93. The van der Waals surface area contributed by atoms with Crippen molar-refractivity contribution < 1.29 is 14.6 Å². The average Bonchev–Trinajstić information content (AvgIpc) is 2.45. The van der Waals surface area contributed by atoms with Crippen LogP contribution < -0.4 is 10.1 Å². The highest BCUT2D eigenvalue weighted by Crippen LogP contribution is 2.29. The van der Waals surface area contributed by atoms with Crippen LogP contribution in [0.1, 0.15) is 32.3 Å². The number of hydrogen-bond donors (Lipinski definition) is 2. The lowest BCUT2D eigenvalue weighted by Crippen LogP contribution is -2.19. The number of carbonyl (C=O) groups is 1. The first-order chi connectivity index (χ1) is 8.44. The van der Waals surface area contributed by atoms with Gasteiger partial charge < -0.3 is 15.2 Å². The van der Waals surface area contributed by atoms with Crippen molar-refractivity contribution in [2.45, 2.75) is 38.7 Å². The number of nitrogens with one attached hydrogen (secondary N) is 1. The number of aryl methyl sites for hydroxylation is 1. The molecular formula is C14H19NO3. The summed E-state index contributed by atoms with van der Waals surface area (Å²) < 4.78 is 5.49. The summed E-state index contributed by atoms with van der Waals surface area (Å²) in [5.41, 5.74) is 1.14. The molecule has 1 amide bonds. The van der Waals surface area contributed by atoms with Crippen molar-refractivity contribution in [3.63, 3.8) is 0 Å². The fraction of sp³-hybridized carbons (Fsp3) is 0.500. The minimum atomic E-state index is -0.674. The molecule has 2 N–H and O–H groups in total. The highest BCUT2D eigenvalue weighted by atomic mass is 16.5. The van der Waals surface area contributed by atoms with E-state index in [9.17, 15) is 9.90 Å². The number of benzene rings is 1.